The number of hydrogen-bond acceptors (Lipinski definition) is 5. The fraction of sp³-hybridized carbons (Fsp3) is 0.483. The van der Waals surface area contributed by atoms with Crippen molar-refractivity contribution in [2.45, 2.75) is 56.6 Å². The van der Waals surface area contributed by atoms with Gasteiger partial charge in [-0.3, -0.25) is 4.79 Å². The number of ether oxygens (including phenoxy) is 1. The molecular weight excluding hydrogens is 507 g/mol. The van der Waals surface area contributed by atoms with Crippen LogP contribution in [0.2, 0.25) is 0 Å². The van der Waals surface area contributed by atoms with Gasteiger partial charge in [0.15, 0.2) is 0 Å². The van der Waals surface area contributed by atoms with Crippen LogP contribution >= 0.6 is 0 Å². The third kappa shape index (κ3) is 6.20. The number of carbonyl (C=O) groups excluding carboxylic acids is 1. The number of halogens is 1. The van der Waals surface area contributed by atoms with E-state index in [-0.39, 0.29) is 47.7 Å². The van der Waals surface area contributed by atoms with Crippen LogP contribution in [0.3, 0.4) is 0 Å². The number of rotatable bonds is 5. The summed E-state index contributed by atoms with van der Waals surface area (Å²) in [6.07, 6.45) is 3.92. The molecule has 2 aromatic rings. The first-order chi connectivity index (χ1) is 18.1. The molecule has 9 heteroatoms. The summed E-state index contributed by atoms with van der Waals surface area (Å²) < 4.78 is 48.7. The van der Waals surface area contributed by atoms with E-state index in [2.05, 4.69) is 11.8 Å². The Morgan fingerprint density at radius 1 is 1.24 bits per heavy atom. The topological polar surface area (TPSA) is 87.2 Å². The van der Waals surface area contributed by atoms with Crippen LogP contribution in [-0.2, 0) is 10.0 Å². The molecule has 1 fully saturated rings. The predicted molar refractivity (Wildman–Crippen MR) is 143 cm³/mol. The van der Waals surface area contributed by atoms with E-state index < -0.39 is 28.0 Å². The number of fused-ring (bicyclic) bond motifs is 1. The number of hydrogen-bond donors (Lipinski definition) is 1. The molecule has 38 heavy (non-hydrogen) atoms. The molecular formula is C29H35FN2O5S. The van der Waals surface area contributed by atoms with Crippen molar-refractivity contribution in [2.24, 2.45) is 11.8 Å². The number of amides is 1. The van der Waals surface area contributed by atoms with Crippen molar-refractivity contribution in [1.82, 2.24) is 9.21 Å². The second-order valence-electron chi connectivity index (χ2n) is 10.3. The molecule has 4 rings (SSSR count). The summed E-state index contributed by atoms with van der Waals surface area (Å²) in [6, 6.07) is 9.68. The Hall–Kier alpha value is -2.93. The van der Waals surface area contributed by atoms with Crippen LogP contribution in [0.4, 0.5) is 4.39 Å². The van der Waals surface area contributed by atoms with Crippen molar-refractivity contribution in [2.75, 3.05) is 26.7 Å². The number of likely N-dealkylation sites (N-methyl/N-ethyl adjacent to an activating group) is 1. The highest BCUT2D eigenvalue weighted by molar-refractivity contribution is 7.89. The van der Waals surface area contributed by atoms with Gasteiger partial charge in [0.25, 0.3) is 5.91 Å². The average molecular weight is 543 g/mol. The zero-order valence-corrected chi connectivity index (χ0v) is 22.9. The standard InChI is InChI=1S/C29H35FN2O5S/c1-20-17-32(21(2)19-33)38(35,36)28-14-13-23(12-11-22-7-4-5-8-22)15-26(28)37-27(20)18-31(3)29(34)24-9-6-10-25(30)16-24/h6,9-10,13-16,20-22,27,33H,4-5,7-8,17-19H2,1-3H3/t20-,21-,27+/m1/s1. The Morgan fingerprint density at radius 2 is 1.97 bits per heavy atom. The highest BCUT2D eigenvalue weighted by Gasteiger charge is 2.38. The molecule has 3 atom stereocenters. The lowest BCUT2D eigenvalue weighted by Gasteiger charge is -2.37. The van der Waals surface area contributed by atoms with E-state index >= 15 is 0 Å². The first kappa shape index (κ1) is 28.1. The van der Waals surface area contributed by atoms with Gasteiger partial charge in [-0.25, -0.2) is 12.8 Å². The van der Waals surface area contributed by atoms with Gasteiger partial charge in [-0.1, -0.05) is 37.7 Å². The maximum Gasteiger partial charge on any atom is 0.253 e. The van der Waals surface area contributed by atoms with Crippen molar-refractivity contribution < 1.29 is 27.4 Å². The van der Waals surface area contributed by atoms with E-state index in [9.17, 15) is 22.7 Å². The van der Waals surface area contributed by atoms with Gasteiger partial charge >= 0.3 is 0 Å². The largest absolute Gasteiger partial charge is 0.487 e. The summed E-state index contributed by atoms with van der Waals surface area (Å²) in [6.45, 7) is 3.42. The lowest BCUT2D eigenvalue weighted by molar-refractivity contribution is 0.0563. The van der Waals surface area contributed by atoms with Gasteiger partial charge in [0.05, 0.1) is 13.2 Å². The number of benzene rings is 2. The minimum atomic E-state index is -3.97. The van der Waals surface area contributed by atoms with Crippen molar-refractivity contribution in [3.63, 3.8) is 0 Å². The van der Waals surface area contributed by atoms with Crippen LogP contribution in [-0.4, -0.2) is 67.5 Å². The third-order valence-corrected chi connectivity index (χ3v) is 9.33. The van der Waals surface area contributed by atoms with E-state index in [4.69, 9.17) is 4.74 Å². The van der Waals surface area contributed by atoms with Crippen LogP contribution in [0.25, 0.3) is 0 Å². The molecule has 0 bridgehead atoms. The van der Waals surface area contributed by atoms with Gasteiger partial charge in [0.2, 0.25) is 10.0 Å². The van der Waals surface area contributed by atoms with Crippen molar-refractivity contribution in [3.8, 4) is 17.6 Å². The number of aliphatic hydroxyl groups excluding tert-OH is 1. The molecule has 1 aliphatic heterocycles. The lowest BCUT2D eigenvalue weighted by Crippen LogP contribution is -2.50. The van der Waals surface area contributed by atoms with Gasteiger partial charge < -0.3 is 14.7 Å². The Bertz CT molecular complexity index is 1330. The summed E-state index contributed by atoms with van der Waals surface area (Å²) >= 11 is 0. The molecule has 2 aromatic carbocycles. The molecule has 0 spiro atoms. The second kappa shape index (κ2) is 11.9. The zero-order chi connectivity index (χ0) is 27.4. The zero-order valence-electron chi connectivity index (χ0n) is 22.1. The molecule has 2 aliphatic rings. The fourth-order valence-electron chi connectivity index (χ4n) is 4.97. The van der Waals surface area contributed by atoms with Gasteiger partial charge in [0, 0.05) is 42.6 Å². The smallest absolute Gasteiger partial charge is 0.253 e. The Balaban J connectivity index is 1.69. The first-order valence-electron chi connectivity index (χ1n) is 13.1. The predicted octanol–water partition coefficient (Wildman–Crippen LogP) is 3.91. The molecule has 1 saturated carbocycles. The number of carbonyl (C=O) groups is 1. The van der Waals surface area contributed by atoms with Crippen LogP contribution in [0.15, 0.2) is 47.4 Å². The molecule has 1 heterocycles. The minimum absolute atomic E-state index is 0.000210. The molecule has 0 aromatic heterocycles. The van der Waals surface area contributed by atoms with E-state index in [0.717, 1.165) is 12.8 Å². The quantitative estimate of drug-likeness (QED) is 0.579. The SMILES string of the molecule is C[C@@H]1CN([C@H](C)CO)S(=O)(=O)c2ccc(C#CC3CCCC3)cc2O[C@H]1CN(C)C(=O)c1cccc(F)c1. The van der Waals surface area contributed by atoms with Crippen molar-refractivity contribution in [1.29, 1.82) is 0 Å². The molecule has 0 radical (unpaired) electrons. The summed E-state index contributed by atoms with van der Waals surface area (Å²) in [5.41, 5.74) is 0.873. The van der Waals surface area contributed by atoms with Crippen LogP contribution in [0.5, 0.6) is 5.75 Å². The molecule has 1 aliphatic carbocycles. The van der Waals surface area contributed by atoms with E-state index in [1.807, 2.05) is 6.92 Å². The highest BCUT2D eigenvalue weighted by atomic mass is 32.2. The van der Waals surface area contributed by atoms with Crippen molar-refractivity contribution >= 4 is 15.9 Å². The average Bonchev–Trinajstić information content (AvgIpc) is 3.42. The van der Waals surface area contributed by atoms with Crippen LogP contribution in [0.1, 0.15) is 55.5 Å². The van der Waals surface area contributed by atoms with E-state index in [0.29, 0.717) is 11.5 Å². The normalized spacial score (nSPS) is 22.2. The van der Waals surface area contributed by atoms with E-state index in [1.165, 1.54) is 46.3 Å². The minimum Gasteiger partial charge on any atom is -0.487 e. The summed E-state index contributed by atoms with van der Waals surface area (Å²) in [4.78, 5) is 14.5. The third-order valence-electron chi connectivity index (χ3n) is 7.32. The van der Waals surface area contributed by atoms with Crippen molar-refractivity contribution in [3.05, 3.63) is 59.4 Å². The van der Waals surface area contributed by atoms with Gasteiger partial charge in [0.1, 0.15) is 22.6 Å². The van der Waals surface area contributed by atoms with Gasteiger partial charge in [-0.15, -0.1) is 0 Å². The van der Waals surface area contributed by atoms with E-state index in [1.54, 1.807) is 32.2 Å². The Morgan fingerprint density at radius 3 is 2.66 bits per heavy atom. The molecule has 0 unspecified atom stereocenters. The van der Waals surface area contributed by atoms with Gasteiger partial charge in [-0.2, -0.15) is 4.31 Å². The van der Waals surface area contributed by atoms with Crippen LogP contribution < -0.4 is 4.74 Å². The molecule has 1 N–H and O–H groups in total. The van der Waals surface area contributed by atoms with Crippen LogP contribution in [0, 0.1) is 29.5 Å². The maximum atomic E-state index is 13.7. The monoisotopic (exact) mass is 542 g/mol. The maximum absolute atomic E-state index is 13.7. The second-order valence-corrected chi connectivity index (χ2v) is 12.2. The molecule has 0 saturated heterocycles. The molecule has 1 amide bonds. The Kier molecular flexibility index (Phi) is 8.76. The number of nitrogens with zero attached hydrogens (tertiary/aromatic N) is 2. The summed E-state index contributed by atoms with van der Waals surface area (Å²) in [5.74, 6) is 5.79. The summed E-state index contributed by atoms with van der Waals surface area (Å²) in [5, 5.41) is 9.83. The lowest BCUT2D eigenvalue weighted by atomic mass is 10.0. The number of sulfonamides is 1. The fourth-order valence-corrected chi connectivity index (χ4v) is 6.80. The summed E-state index contributed by atoms with van der Waals surface area (Å²) in [7, 11) is -2.36. The first-order valence-corrected chi connectivity index (χ1v) is 14.5. The molecule has 7 nitrogen and oxygen atoms in total. The molecule has 204 valence electrons. The Labute approximate surface area is 224 Å². The number of aliphatic hydroxyl groups is 1. The highest BCUT2D eigenvalue weighted by Crippen LogP contribution is 2.34. The van der Waals surface area contributed by atoms with Gasteiger partial charge in [-0.05, 0) is 56.2 Å².